The molecule has 0 radical (unpaired) electrons. The molecule has 36 heavy (non-hydrogen) atoms. The average molecular weight is 497 g/mol. The number of nitrogens with zero attached hydrogens (tertiary/aromatic N) is 2. The summed E-state index contributed by atoms with van der Waals surface area (Å²) in [4.78, 5) is 19.5. The molecule has 7 heteroatoms. The van der Waals surface area contributed by atoms with Gasteiger partial charge in [0.15, 0.2) is 5.11 Å². The number of hydrogen-bond donors (Lipinski definition) is 2. The lowest BCUT2D eigenvalue weighted by Crippen LogP contribution is -2.32. The Labute approximate surface area is 216 Å². The molecule has 2 aromatic heterocycles. The Kier molecular flexibility index (Phi) is 6.82. The van der Waals surface area contributed by atoms with Crippen molar-refractivity contribution in [3.63, 3.8) is 0 Å². The number of nitrogens with one attached hydrogen (secondary N) is 2. The Hall–Kier alpha value is -3.97. The largest absolute Gasteiger partial charge is 0.459 e. The number of rotatable bonds is 7. The minimum atomic E-state index is -0.238. The van der Waals surface area contributed by atoms with E-state index >= 15 is 0 Å². The van der Waals surface area contributed by atoms with Gasteiger partial charge in [-0.25, -0.2) is 0 Å². The zero-order valence-corrected chi connectivity index (χ0v) is 21.1. The summed E-state index contributed by atoms with van der Waals surface area (Å²) in [5.74, 6) is 1.50. The first-order valence-electron chi connectivity index (χ1n) is 12.0. The number of furan rings is 1. The topological polar surface area (TPSA) is 70.4 Å². The van der Waals surface area contributed by atoms with E-state index in [2.05, 4.69) is 15.6 Å². The number of amides is 1. The maximum atomic E-state index is 12.9. The molecule has 6 nitrogen and oxygen atoms in total. The van der Waals surface area contributed by atoms with E-state index in [-0.39, 0.29) is 24.4 Å². The molecule has 1 saturated heterocycles. The van der Waals surface area contributed by atoms with Gasteiger partial charge in [-0.2, -0.15) is 0 Å². The Bertz CT molecular complexity index is 1370. The highest BCUT2D eigenvalue weighted by Gasteiger charge is 2.41. The molecule has 1 amide bonds. The molecule has 3 heterocycles. The molecule has 2 N–H and O–H groups in total. The fourth-order valence-electron chi connectivity index (χ4n) is 4.53. The maximum Gasteiger partial charge on any atom is 0.226 e. The van der Waals surface area contributed by atoms with Crippen LogP contribution in [0.2, 0.25) is 0 Å². The van der Waals surface area contributed by atoms with E-state index in [0.717, 1.165) is 39.6 Å². The summed E-state index contributed by atoms with van der Waals surface area (Å²) in [5, 5.41) is 7.04. The van der Waals surface area contributed by atoms with Crippen LogP contribution in [0.1, 0.15) is 41.1 Å². The summed E-state index contributed by atoms with van der Waals surface area (Å²) in [6.07, 6.45) is 2.06. The monoisotopic (exact) mass is 496 g/mol. The third-order valence-corrected chi connectivity index (χ3v) is 6.77. The minimum Gasteiger partial charge on any atom is -0.459 e. The van der Waals surface area contributed by atoms with Crippen LogP contribution in [0.4, 0.5) is 5.69 Å². The number of pyridine rings is 1. The van der Waals surface area contributed by atoms with E-state index in [4.69, 9.17) is 16.6 Å². The van der Waals surface area contributed by atoms with Crippen molar-refractivity contribution < 1.29 is 9.21 Å². The Morgan fingerprint density at radius 3 is 2.64 bits per heavy atom. The molecule has 0 spiro atoms. The van der Waals surface area contributed by atoms with Crippen LogP contribution in [0.15, 0.2) is 89.5 Å². The van der Waals surface area contributed by atoms with Gasteiger partial charge in [0.05, 0.1) is 11.7 Å². The predicted molar refractivity (Wildman–Crippen MR) is 145 cm³/mol. The van der Waals surface area contributed by atoms with Crippen molar-refractivity contribution in [2.45, 2.75) is 32.4 Å². The highest BCUT2D eigenvalue weighted by molar-refractivity contribution is 7.80. The first kappa shape index (κ1) is 23.8. The summed E-state index contributed by atoms with van der Waals surface area (Å²) in [7, 11) is 0. The lowest BCUT2D eigenvalue weighted by molar-refractivity contribution is -0.116. The molecule has 1 fully saturated rings. The number of aromatic nitrogens is 1. The summed E-state index contributed by atoms with van der Waals surface area (Å²) < 4.78 is 6.35. The van der Waals surface area contributed by atoms with Gasteiger partial charge in [-0.05, 0) is 67.5 Å². The van der Waals surface area contributed by atoms with Gasteiger partial charge in [0.1, 0.15) is 17.6 Å². The molecular formula is C29H28N4O2S. The number of aryl methyl sites for hydroxylation is 2. The summed E-state index contributed by atoms with van der Waals surface area (Å²) in [6, 6.07) is 25.4. The number of benzene rings is 2. The second kappa shape index (κ2) is 10.3. The van der Waals surface area contributed by atoms with Crippen LogP contribution in [0, 0.1) is 13.8 Å². The molecule has 4 aromatic rings. The third-order valence-electron chi connectivity index (χ3n) is 6.42. The molecule has 1 aliphatic heterocycles. The first-order chi connectivity index (χ1) is 17.5. The van der Waals surface area contributed by atoms with E-state index in [1.807, 2.05) is 97.6 Å². The SMILES string of the molecule is Cc1ccc(C)c(NC(=O)CCN2C(=S)N[C@@H](c3ccccn3)[C@@H]2c2ccc(-c3ccccc3)o2)c1. The lowest BCUT2D eigenvalue weighted by atomic mass is 10.0. The average Bonchev–Trinajstić information content (AvgIpc) is 3.50. The van der Waals surface area contributed by atoms with E-state index in [0.29, 0.717) is 11.7 Å². The fraction of sp³-hybridized carbons (Fsp3) is 0.207. The lowest BCUT2D eigenvalue weighted by Gasteiger charge is -2.26. The molecule has 2 atom stereocenters. The van der Waals surface area contributed by atoms with Gasteiger partial charge in [0, 0.05) is 30.4 Å². The van der Waals surface area contributed by atoms with E-state index in [1.165, 1.54) is 0 Å². The van der Waals surface area contributed by atoms with Gasteiger partial charge in [-0.15, -0.1) is 0 Å². The highest BCUT2D eigenvalue weighted by Crippen LogP contribution is 2.40. The highest BCUT2D eigenvalue weighted by atomic mass is 32.1. The van der Waals surface area contributed by atoms with Gasteiger partial charge in [-0.1, -0.05) is 48.5 Å². The van der Waals surface area contributed by atoms with Gasteiger partial charge < -0.3 is 20.0 Å². The second-order valence-corrected chi connectivity index (χ2v) is 9.39. The number of anilines is 1. The molecule has 2 aromatic carbocycles. The van der Waals surface area contributed by atoms with Crippen molar-refractivity contribution in [2.75, 3.05) is 11.9 Å². The van der Waals surface area contributed by atoms with Crippen LogP contribution in [0.3, 0.4) is 0 Å². The minimum absolute atomic E-state index is 0.0593. The normalized spacial score (nSPS) is 17.2. The van der Waals surface area contributed by atoms with Gasteiger partial charge >= 0.3 is 0 Å². The second-order valence-electron chi connectivity index (χ2n) is 9.00. The molecule has 182 valence electrons. The molecule has 5 rings (SSSR count). The zero-order valence-electron chi connectivity index (χ0n) is 20.3. The van der Waals surface area contributed by atoms with Crippen molar-refractivity contribution in [3.8, 4) is 11.3 Å². The molecule has 0 unspecified atom stereocenters. The number of carbonyl (C=O) groups is 1. The van der Waals surface area contributed by atoms with Crippen LogP contribution in [0.25, 0.3) is 11.3 Å². The van der Waals surface area contributed by atoms with Crippen LogP contribution in [-0.2, 0) is 4.79 Å². The van der Waals surface area contributed by atoms with Gasteiger partial charge in [-0.3, -0.25) is 9.78 Å². The quantitative estimate of drug-likeness (QED) is 0.308. The summed E-state index contributed by atoms with van der Waals surface area (Å²) in [6.45, 7) is 4.44. The molecule has 0 aliphatic carbocycles. The third kappa shape index (κ3) is 5.02. The van der Waals surface area contributed by atoms with Crippen LogP contribution in [0.5, 0.6) is 0 Å². The Morgan fingerprint density at radius 2 is 1.86 bits per heavy atom. The zero-order chi connectivity index (χ0) is 25.1. The summed E-state index contributed by atoms with van der Waals surface area (Å²) in [5.41, 5.74) is 4.84. The van der Waals surface area contributed by atoms with Crippen LogP contribution >= 0.6 is 12.2 Å². The van der Waals surface area contributed by atoms with Crippen LogP contribution in [-0.4, -0.2) is 27.4 Å². The van der Waals surface area contributed by atoms with Crippen molar-refractivity contribution in [1.82, 2.24) is 15.2 Å². The fourth-order valence-corrected chi connectivity index (χ4v) is 4.86. The smallest absolute Gasteiger partial charge is 0.226 e. The van der Waals surface area contributed by atoms with Gasteiger partial charge in [0.25, 0.3) is 0 Å². The first-order valence-corrected chi connectivity index (χ1v) is 12.4. The van der Waals surface area contributed by atoms with E-state index < -0.39 is 0 Å². The standard InChI is InChI=1S/C29H28N4O2S/c1-19-11-12-20(2)23(18-19)31-26(34)15-17-33-28(27(32-29(33)36)22-10-6-7-16-30-22)25-14-13-24(35-25)21-8-4-3-5-9-21/h3-14,16,18,27-28H,15,17H2,1-2H3,(H,31,34)(H,32,36)/t27-,28-/m0/s1. The van der Waals surface area contributed by atoms with Crippen molar-refractivity contribution in [2.24, 2.45) is 0 Å². The number of carbonyl (C=O) groups excluding carboxylic acids is 1. The van der Waals surface area contributed by atoms with E-state index in [1.54, 1.807) is 6.20 Å². The predicted octanol–water partition coefficient (Wildman–Crippen LogP) is 5.96. The molecule has 1 aliphatic rings. The molecular weight excluding hydrogens is 468 g/mol. The maximum absolute atomic E-state index is 12.9. The summed E-state index contributed by atoms with van der Waals surface area (Å²) >= 11 is 5.73. The molecule has 0 bridgehead atoms. The van der Waals surface area contributed by atoms with Crippen molar-refractivity contribution in [1.29, 1.82) is 0 Å². The van der Waals surface area contributed by atoms with Crippen molar-refractivity contribution in [3.05, 3.63) is 108 Å². The Balaban J connectivity index is 1.39. The molecule has 0 saturated carbocycles. The van der Waals surface area contributed by atoms with Gasteiger partial charge in [0.2, 0.25) is 5.91 Å². The van der Waals surface area contributed by atoms with E-state index in [9.17, 15) is 4.79 Å². The van der Waals surface area contributed by atoms with Crippen molar-refractivity contribution >= 4 is 28.9 Å². The Morgan fingerprint density at radius 1 is 1.06 bits per heavy atom. The van der Waals surface area contributed by atoms with Crippen LogP contribution < -0.4 is 10.6 Å². The number of thiocarbonyl (C=S) groups is 1. The number of hydrogen-bond acceptors (Lipinski definition) is 4.